The van der Waals surface area contributed by atoms with Gasteiger partial charge in [-0.1, -0.05) is 48.5 Å². The number of halogens is 1. The molecule has 0 saturated carbocycles. The molecule has 12 heteroatoms. The average molecular weight is 684 g/mol. The first-order valence-electron chi connectivity index (χ1n) is 16.5. The van der Waals surface area contributed by atoms with Gasteiger partial charge in [0.15, 0.2) is 0 Å². The predicted octanol–water partition coefficient (Wildman–Crippen LogP) is 6.79. The number of alkyl carbamates (subject to hydrolysis) is 1. The highest BCUT2D eigenvalue weighted by molar-refractivity contribution is 5.85. The second-order valence-electron chi connectivity index (χ2n) is 13.2. The van der Waals surface area contributed by atoms with E-state index in [-0.39, 0.29) is 24.4 Å². The number of benzene rings is 3. The molecule has 0 spiro atoms. The Labute approximate surface area is 290 Å². The molecule has 1 amide bonds. The molecule has 0 fully saturated rings. The van der Waals surface area contributed by atoms with Crippen LogP contribution in [-0.4, -0.2) is 51.3 Å². The van der Waals surface area contributed by atoms with E-state index < -0.39 is 36.1 Å². The van der Waals surface area contributed by atoms with E-state index in [4.69, 9.17) is 14.5 Å². The number of aliphatic carboxylic acids is 1. The van der Waals surface area contributed by atoms with Gasteiger partial charge in [0, 0.05) is 17.8 Å². The summed E-state index contributed by atoms with van der Waals surface area (Å²) in [5, 5.41) is 14.7. The molecule has 2 unspecified atom stereocenters. The van der Waals surface area contributed by atoms with Crippen LogP contribution in [0.3, 0.4) is 0 Å². The van der Waals surface area contributed by atoms with Crippen LogP contribution in [-0.2, 0) is 38.5 Å². The highest BCUT2D eigenvalue weighted by Crippen LogP contribution is 2.35. The zero-order valence-corrected chi connectivity index (χ0v) is 28.8. The van der Waals surface area contributed by atoms with E-state index in [0.717, 1.165) is 6.42 Å². The fourth-order valence-corrected chi connectivity index (χ4v) is 5.64. The normalized spacial score (nSPS) is 14.9. The third kappa shape index (κ3) is 9.55. The van der Waals surface area contributed by atoms with Crippen molar-refractivity contribution in [1.82, 2.24) is 15.3 Å². The lowest BCUT2D eigenvalue weighted by Gasteiger charge is -2.37. The molecule has 4 aromatic rings. The van der Waals surface area contributed by atoms with Gasteiger partial charge in [0.25, 0.3) is 0 Å². The Bertz CT molecular complexity index is 1840. The van der Waals surface area contributed by atoms with Gasteiger partial charge in [-0.05, 0) is 94.0 Å². The zero-order valence-electron chi connectivity index (χ0n) is 28.8. The van der Waals surface area contributed by atoms with Crippen molar-refractivity contribution in [3.05, 3.63) is 112 Å². The van der Waals surface area contributed by atoms with Crippen molar-refractivity contribution in [2.24, 2.45) is 0 Å². The predicted molar refractivity (Wildman–Crippen MR) is 187 cm³/mol. The molecular weight excluding hydrogens is 641 g/mol. The molecule has 0 radical (unpaired) electrons. The summed E-state index contributed by atoms with van der Waals surface area (Å²) in [5.41, 5.74) is 6.25. The third-order valence-electron chi connectivity index (χ3n) is 8.27. The smallest absolute Gasteiger partial charge is 0.408 e. The molecule has 0 saturated heterocycles. The molecule has 3 aromatic carbocycles. The summed E-state index contributed by atoms with van der Waals surface area (Å²) in [6.07, 6.45) is 0.407. The number of rotatable bonds is 9. The van der Waals surface area contributed by atoms with Crippen LogP contribution >= 0.6 is 0 Å². The number of esters is 1. The summed E-state index contributed by atoms with van der Waals surface area (Å²) in [5.74, 6) is -1.81. The lowest BCUT2D eigenvalue weighted by molar-refractivity contribution is -0.151. The molecule has 0 bridgehead atoms. The minimum Gasteiger partial charge on any atom is -0.481 e. The van der Waals surface area contributed by atoms with E-state index in [2.05, 4.69) is 63.8 Å². The van der Waals surface area contributed by atoms with Gasteiger partial charge < -0.3 is 30.1 Å². The first-order chi connectivity index (χ1) is 23.8. The number of carboxylic acid groups (broad SMARTS) is 1. The van der Waals surface area contributed by atoms with Crippen LogP contribution in [0.5, 0.6) is 0 Å². The minimum absolute atomic E-state index is 0.00871. The maximum Gasteiger partial charge on any atom is 0.408 e. The van der Waals surface area contributed by atoms with Crippen LogP contribution in [0.15, 0.2) is 72.8 Å². The summed E-state index contributed by atoms with van der Waals surface area (Å²) in [6, 6.07) is 21.0. The molecule has 262 valence electrons. The van der Waals surface area contributed by atoms with Crippen molar-refractivity contribution in [2.75, 3.05) is 16.8 Å². The minimum atomic E-state index is -1.48. The van der Waals surface area contributed by atoms with Crippen LogP contribution < -0.4 is 15.5 Å². The number of fused-ring (bicyclic) bond motifs is 2. The van der Waals surface area contributed by atoms with Crippen molar-refractivity contribution in [3.8, 4) is 0 Å². The summed E-state index contributed by atoms with van der Waals surface area (Å²) >= 11 is 0. The number of anilines is 3. The van der Waals surface area contributed by atoms with Crippen LogP contribution in [0, 0.1) is 12.7 Å². The van der Waals surface area contributed by atoms with Gasteiger partial charge in [0.2, 0.25) is 5.95 Å². The van der Waals surface area contributed by atoms with Crippen molar-refractivity contribution >= 4 is 35.5 Å². The van der Waals surface area contributed by atoms with Gasteiger partial charge in [0.05, 0.1) is 18.2 Å². The van der Waals surface area contributed by atoms with Crippen LogP contribution in [0.1, 0.15) is 73.7 Å². The summed E-state index contributed by atoms with van der Waals surface area (Å²) in [4.78, 5) is 48.2. The molecular formula is C38H42FN5O6. The van der Waals surface area contributed by atoms with Gasteiger partial charge >= 0.3 is 18.0 Å². The van der Waals surface area contributed by atoms with E-state index in [0.29, 0.717) is 29.3 Å². The van der Waals surface area contributed by atoms with Crippen LogP contribution in [0.25, 0.3) is 0 Å². The fourth-order valence-electron chi connectivity index (χ4n) is 5.64. The number of carbonyl (C=O) groups is 3. The number of ether oxygens (including phenoxy) is 2. The van der Waals surface area contributed by atoms with Gasteiger partial charge in [-0.15, -0.1) is 0 Å². The Hall–Kier alpha value is -5.52. The molecule has 50 heavy (non-hydrogen) atoms. The maximum atomic E-state index is 13.5. The Morgan fingerprint density at radius 2 is 1.62 bits per heavy atom. The number of nitrogens with zero attached hydrogens (tertiary/aromatic N) is 3. The summed E-state index contributed by atoms with van der Waals surface area (Å²) < 4.78 is 24.2. The molecule has 2 aliphatic rings. The number of aromatic nitrogens is 2. The lowest BCUT2D eigenvalue weighted by atomic mass is 9.93. The van der Waals surface area contributed by atoms with Gasteiger partial charge in [0.1, 0.15) is 29.9 Å². The molecule has 1 aromatic heterocycles. The maximum absolute atomic E-state index is 13.5. The molecule has 3 N–H and O–H groups in total. The quantitative estimate of drug-likeness (QED) is 0.142. The number of carbonyl (C=O) groups excluding carboxylic acids is 2. The molecule has 2 heterocycles. The van der Waals surface area contributed by atoms with Gasteiger partial charge in [-0.3, -0.25) is 4.79 Å². The standard InChI is InChI=1S/C31H36FN5O6.C7H6/c1-18-25(17-42-28(40)24(16-26(38)39)35-30(41)43-31(3,4)5)34-29(33-22-12-10-21(32)11-13-22)36-27(18)37-15-14-20-8-6-7-9-23(20)19(37)2;1-2-4-7-5-6(7)3-1/h6-13,19,24H,14-17H2,1-5H3,(H,35,41)(H,38,39)(H,33,34,36);1-4H,5H2. The average Bonchev–Trinajstić information content (AvgIpc) is 3.85. The third-order valence-corrected chi connectivity index (χ3v) is 8.27. The zero-order chi connectivity index (χ0) is 36.0. The second-order valence-corrected chi connectivity index (χ2v) is 13.2. The van der Waals surface area contributed by atoms with Crippen molar-refractivity contribution in [3.63, 3.8) is 0 Å². The summed E-state index contributed by atoms with van der Waals surface area (Å²) in [7, 11) is 0. The van der Waals surface area contributed by atoms with Crippen LogP contribution in [0.2, 0.25) is 0 Å². The topological polar surface area (TPSA) is 143 Å². The monoisotopic (exact) mass is 683 g/mol. The summed E-state index contributed by atoms with van der Waals surface area (Å²) in [6.45, 7) is 9.21. The molecule has 1 aliphatic heterocycles. The number of amides is 1. The molecule has 11 nitrogen and oxygen atoms in total. The van der Waals surface area contributed by atoms with E-state index in [1.165, 1.54) is 40.8 Å². The van der Waals surface area contributed by atoms with Crippen molar-refractivity contribution in [2.45, 2.75) is 78.2 Å². The van der Waals surface area contributed by atoms with E-state index in [1.807, 2.05) is 19.1 Å². The fraction of sp³-hybridized carbons (Fsp3) is 0.342. The van der Waals surface area contributed by atoms with Crippen molar-refractivity contribution < 1.29 is 33.4 Å². The first-order valence-corrected chi connectivity index (χ1v) is 16.5. The SMILES string of the molecule is Cc1c(COC(=O)C(CC(=O)O)NC(=O)OC(C)(C)C)nc(Nc2ccc(F)cc2)nc1N1CCc2ccccc2C1C.c1ccc2c(c1)C2. The number of nitrogens with one attached hydrogen (secondary N) is 2. The number of carboxylic acids is 1. The highest BCUT2D eigenvalue weighted by atomic mass is 19.1. The van der Waals surface area contributed by atoms with Gasteiger partial charge in [-0.25, -0.2) is 19.0 Å². The van der Waals surface area contributed by atoms with Crippen LogP contribution in [0.4, 0.5) is 26.6 Å². The molecule has 6 rings (SSSR count). The Morgan fingerprint density at radius 1 is 0.980 bits per heavy atom. The first kappa shape index (κ1) is 35.8. The van der Waals surface area contributed by atoms with Gasteiger partial charge in [-0.2, -0.15) is 4.98 Å². The highest BCUT2D eigenvalue weighted by Gasteiger charge is 2.30. The van der Waals surface area contributed by atoms with Crippen molar-refractivity contribution in [1.29, 1.82) is 0 Å². The second kappa shape index (κ2) is 15.4. The number of hydrogen-bond acceptors (Lipinski definition) is 9. The number of hydrogen-bond donors (Lipinski definition) is 3. The Kier molecular flexibility index (Phi) is 11.0. The van der Waals surface area contributed by atoms with E-state index in [9.17, 15) is 23.9 Å². The Balaban J connectivity index is 0.000000608. The van der Waals surface area contributed by atoms with E-state index >= 15 is 0 Å². The lowest BCUT2D eigenvalue weighted by Crippen LogP contribution is -2.45. The van der Waals surface area contributed by atoms with E-state index in [1.54, 1.807) is 32.9 Å². The molecule has 1 aliphatic carbocycles. The Morgan fingerprint density at radius 3 is 2.24 bits per heavy atom. The largest absolute Gasteiger partial charge is 0.481 e. The molecule has 2 atom stereocenters.